The van der Waals surface area contributed by atoms with Crippen LogP contribution in [0.5, 0.6) is 5.75 Å². The van der Waals surface area contributed by atoms with E-state index in [0.29, 0.717) is 36.6 Å². The largest absolute Gasteiger partial charge is 0.494 e. The fourth-order valence-electron chi connectivity index (χ4n) is 4.06. The molecule has 4 rings (SSSR count). The van der Waals surface area contributed by atoms with Crippen LogP contribution in [0.25, 0.3) is 10.9 Å². The number of aromatic nitrogens is 2. The fourth-order valence-corrected chi connectivity index (χ4v) is 4.71. The number of benzene rings is 2. The van der Waals surface area contributed by atoms with Gasteiger partial charge in [0.25, 0.3) is 11.8 Å². The Hall–Kier alpha value is -3.49. The molecule has 3 N–H and O–H groups in total. The first-order valence-electron chi connectivity index (χ1n) is 12.0. The highest BCUT2D eigenvalue weighted by Gasteiger charge is 2.17. The maximum Gasteiger partial charge on any atom is 0.277 e. The van der Waals surface area contributed by atoms with Crippen molar-refractivity contribution in [3.63, 3.8) is 0 Å². The highest BCUT2D eigenvalue weighted by Crippen LogP contribution is 2.27. The molecule has 0 fully saturated rings. The molecule has 9 heteroatoms. The number of H-pyrrole nitrogens is 1. The lowest BCUT2D eigenvalue weighted by Crippen LogP contribution is -2.27. The maximum atomic E-state index is 13.0. The molecule has 2 heterocycles. The molecule has 0 aliphatic carbocycles. The van der Waals surface area contributed by atoms with E-state index in [1.807, 2.05) is 50.2 Å². The van der Waals surface area contributed by atoms with Crippen LogP contribution in [0.1, 0.15) is 44.0 Å². The van der Waals surface area contributed by atoms with Gasteiger partial charge in [0.05, 0.1) is 12.2 Å². The molecule has 0 saturated heterocycles. The molecule has 0 atom stereocenters. The number of carbonyl (C=O) groups excluding carboxylic acids is 2. The van der Waals surface area contributed by atoms with E-state index in [4.69, 9.17) is 16.3 Å². The molecule has 2 aromatic carbocycles. The summed E-state index contributed by atoms with van der Waals surface area (Å²) in [6.45, 7) is 4.86. The summed E-state index contributed by atoms with van der Waals surface area (Å²) in [4.78, 5) is 32.3. The van der Waals surface area contributed by atoms with Crippen molar-refractivity contribution in [1.82, 2.24) is 20.0 Å². The SMILES string of the molecule is Cc1cc(OCCCc2c(C(=O)NSCCNC(=O)c3cccnc3)[nH]c3ccccc23)cc(C)c1Cl. The molecule has 4 aromatic rings. The molecule has 0 radical (unpaired) electrons. The van der Waals surface area contributed by atoms with E-state index in [1.54, 1.807) is 18.3 Å². The van der Waals surface area contributed by atoms with Crippen LogP contribution in [0.2, 0.25) is 5.02 Å². The summed E-state index contributed by atoms with van der Waals surface area (Å²) in [6, 6.07) is 15.2. The second kappa shape index (κ2) is 12.7. The van der Waals surface area contributed by atoms with Crippen LogP contribution >= 0.6 is 23.5 Å². The van der Waals surface area contributed by atoms with Crippen LogP contribution in [0.3, 0.4) is 0 Å². The van der Waals surface area contributed by atoms with Crippen molar-refractivity contribution in [2.75, 3.05) is 18.9 Å². The lowest BCUT2D eigenvalue weighted by atomic mass is 10.1. The normalized spacial score (nSPS) is 10.9. The Kier molecular flexibility index (Phi) is 9.09. The van der Waals surface area contributed by atoms with Gasteiger partial charge in [-0.05, 0) is 85.7 Å². The molecule has 192 valence electrons. The van der Waals surface area contributed by atoms with Gasteiger partial charge < -0.3 is 15.0 Å². The Balaban J connectivity index is 1.31. The number of hydrogen-bond donors (Lipinski definition) is 3. The topological polar surface area (TPSA) is 96.1 Å². The van der Waals surface area contributed by atoms with E-state index >= 15 is 0 Å². The van der Waals surface area contributed by atoms with Crippen LogP contribution in [0, 0.1) is 13.8 Å². The highest BCUT2D eigenvalue weighted by atomic mass is 35.5. The van der Waals surface area contributed by atoms with Crippen LogP contribution < -0.4 is 14.8 Å². The Bertz CT molecular complexity index is 1370. The zero-order valence-electron chi connectivity index (χ0n) is 20.8. The van der Waals surface area contributed by atoms with E-state index in [2.05, 4.69) is 20.0 Å². The molecule has 0 aliphatic rings. The Morgan fingerprint density at radius 1 is 1.08 bits per heavy atom. The lowest BCUT2D eigenvalue weighted by molar-refractivity contribution is 0.0954. The second-order valence-electron chi connectivity index (χ2n) is 8.62. The first-order chi connectivity index (χ1) is 17.9. The van der Waals surface area contributed by atoms with Crippen LogP contribution in [0.4, 0.5) is 0 Å². The Labute approximate surface area is 225 Å². The van der Waals surface area contributed by atoms with E-state index < -0.39 is 0 Å². The molecule has 37 heavy (non-hydrogen) atoms. The van der Waals surface area contributed by atoms with Crippen molar-refractivity contribution in [2.45, 2.75) is 26.7 Å². The van der Waals surface area contributed by atoms with E-state index in [1.165, 1.54) is 18.1 Å². The number of ether oxygens (including phenoxy) is 1. The first kappa shape index (κ1) is 26.6. The number of nitrogens with zero attached hydrogens (tertiary/aromatic N) is 1. The molecule has 7 nitrogen and oxygen atoms in total. The van der Waals surface area contributed by atoms with Gasteiger partial charge in [-0.25, -0.2) is 0 Å². The molecule has 0 bridgehead atoms. The summed E-state index contributed by atoms with van der Waals surface area (Å²) >= 11 is 7.51. The minimum absolute atomic E-state index is 0.191. The number of para-hydroxylation sites is 1. The molecule has 2 aromatic heterocycles. The number of pyridine rings is 1. The van der Waals surface area contributed by atoms with Crippen molar-refractivity contribution >= 4 is 46.3 Å². The van der Waals surface area contributed by atoms with Gasteiger partial charge in [0.15, 0.2) is 0 Å². The minimum Gasteiger partial charge on any atom is -0.494 e. The van der Waals surface area contributed by atoms with Gasteiger partial charge >= 0.3 is 0 Å². The van der Waals surface area contributed by atoms with Gasteiger partial charge in [0.1, 0.15) is 11.4 Å². The molecule has 2 amide bonds. The summed E-state index contributed by atoms with van der Waals surface area (Å²) in [5, 5.41) is 4.61. The average Bonchev–Trinajstić information content (AvgIpc) is 3.28. The summed E-state index contributed by atoms with van der Waals surface area (Å²) in [7, 11) is 0. The number of hydrogen-bond acceptors (Lipinski definition) is 5. The van der Waals surface area contributed by atoms with E-state index in [9.17, 15) is 9.59 Å². The number of amides is 2. The van der Waals surface area contributed by atoms with Crippen molar-refractivity contribution in [3.05, 3.63) is 93.9 Å². The molecule has 0 unspecified atom stereocenters. The summed E-state index contributed by atoms with van der Waals surface area (Å²) in [5.74, 6) is 0.938. The van der Waals surface area contributed by atoms with Gasteiger partial charge in [-0.3, -0.25) is 19.3 Å². The summed E-state index contributed by atoms with van der Waals surface area (Å²) < 4.78 is 8.85. The van der Waals surface area contributed by atoms with Gasteiger partial charge in [-0.1, -0.05) is 29.8 Å². The number of aromatic amines is 1. The van der Waals surface area contributed by atoms with Crippen molar-refractivity contribution in [1.29, 1.82) is 0 Å². The smallest absolute Gasteiger partial charge is 0.277 e. The number of halogens is 1. The average molecular weight is 537 g/mol. The number of rotatable bonds is 11. The summed E-state index contributed by atoms with van der Waals surface area (Å²) in [5.41, 5.74) is 4.91. The first-order valence-corrected chi connectivity index (χ1v) is 13.4. The molecule has 0 aliphatic heterocycles. The van der Waals surface area contributed by atoms with Crippen molar-refractivity contribution < 1.29 is 14.3 Å². The number of aryl methyl sites for hydroxylation is 3. The molecular formula is C28H29ClN4O3S. The molecular weight excluding hydrogens is 508 g/mol. The van der Waals surface area contributed by atoms with Crippen LogP contribution in [-0.4, -0.2) is 40.7 Å². The standard InChI is InChI=1S/C28H29ClN4O3S/c1-18-15-21(16-19(2)25(18)29)36-13-6-9-23-22-8-3-4-10-24(22)32-26(23)28(35)33-37-14-12-31-27(34)20-7-5-11-30-17-20/h3-5,7-8,10-11,15-17,32H,6,9,12-14H2,1-2H3,(H,31,34)(H,33,35). The lowest BCUT2D eigenvalue weighted by Gasteiger charge is -2.10. The zero-order valence-corrected chi connectivity index (χ0v) is 22.3. The molecule has 0 spiro atoms. The van der Waals surface area contributed by atoms with Gasteiger partial charge in [0.2, 0.25) is 0 Å². The Morgan fingerprint density at radius 2 is 1.86 bits per heavy atom. The second-order valence-corrected chi connectivity index (χ2v) is 9.90. The quantitative estimate of drug-likeness (QED) is 0.170. The van der Waals surface area contributed by atoms with Crippen molar-refractivity contribution in [3.8, 4) is 5.75 Å². The number of nitrogens with one attached hydrogen (secondary N) is 3. The van der Waals surface area contributed by atoms with Gasteiger partial charge in [0, 0.05) is 40.6 Å². The van der Waals surface area contributed by atoms with Crippen LogP contribution in [-0.2, 0) is 6.42 Å². The van der Waals surface area contributed by atoms with Gasteiger partial charge in [-0.2, -0.15) is 0 Å². The predicted molar refractivity (Wildman–Crippen MR) is 150 cm³/mol. The summed E-state index contributed by atoms with van der Waals surface area (Å²) in [6.07, 6.45) is 4.57. The molecule has 0 saturated carbocycles. The van der Waals surface area contributed by atoms with Gasteiger partial charge in [-0.15, -0.1) is 0 Å². The van der Waals surface area contributed by atoms with Crippen molar-refractivity contribution in [2.24, 2.45) is 0 Å². The van der Waals surface area contributed by atoms with Crippen LogP contribution in [0.15, 0.2) is 60.9 Å². The zero-order chi connectivity index (χ0) is 26.2. The maximum absolute atomic E-state index is 13.0. The monoisotopic (exact) mass is 536 g/mol. The van der Waals surface area contributed by atoms with E-state index in [-0.39, 0.29) is 11.8 Å². The number of carbonyl (C=O) groups is 2. The fraction of sp³-hybridized carbons (Fsp3) is 0.250. The minimum atomic E-state index is -0.195. The highest BCUT2D eigenvalue weighted by molar-refractivity contribution is 7.97. The Morgan fingerprint density at radius 3 is 2.62 bits per heavy atom. The third-order valence-electron chi connectivity index (χ3n) is 5.87. The van der Waals surface area contributed by atoms with E-state index in [0.717, 1.165) is 44.8 Å². The predicted octanol–water partition coefficient (Wildman–Crippen LogP) is 5.65. The third kappa shape index (κ3) is 6.84. The third-order valence-corrected chi connectivity index (χ3v) is 7.20. The number of fused-ring (bicyclic) bond motifs is 1.